The Labute approximate surface area is 124 Å². The van der Waals surface area contributed by atoms with E-state index in [0.29, 0.717) is 18.6 Å². The highest BCUT2D eigenvalue weighted by molar-refractivity contribution is 5.39. The van der Waals surface area contributed by atoms with Crippen LogP contribution < -0.4 is 10.5 Å². The van der Waals surface area contributed by atoms with E-state index >= 15 is 0 Å². The first-order chi connectivity index (χ1) is 9.74. The maximum Gasteiger partial charge on any atom is 0.419 e. The minimum Gasteiger partial charge on any atom is -0.493 e. The van der Waals surface area contributed by atoms with Crippen molar-refractivity contribution in [2.45, 2.75) is 52.3 Å². The summed E-state index contributed by atoms with van der Waals surface area (Å²) in [7, 11) is 0. The van der Waals surface area contributed by atoms with Gasteiger partial charge in [0, 0.05) is 6.04 Å². The second-order valence-electron chi connectivity index (χ2n) is 5.71. The standard InChI is InChI=1S/C16H24F3NO/c1-4-5-11(2)10-21-15-7-6-13(8-12(3)20)9-14(15)16(17,18)19/h6-7,9,11-12H,4-5,8,10,20H2,1-3H3. The van der Waals surface area contributed by atoms with Crippen LogP contribution in [0.4, 0.5) is 13.2 Å². The summed E-state index contributed by atoms with van der Waals surface area (Å²) in [6.45, 7) is 6.08. The Morgan fingerprint density at radius 1 is 1.24 bits per heavy atom. The van der Waals surface area contributed by atoms with Crippen molar-refractivity contribution >= 4 is 0 Å². The molecule has 0 radical (unpaired) electrons. The summed E-state index contributed by atoms with van der Waals surface area (Å²) in [5.74, 6) is 0.138. The zero-order valence-corrected chi connectivity index (χ0v) is 12.8. The van der Waals surface area contributed by atoms with Gasteiger partial charge < -0.3 is 10.5 Å². The summed E-state index contributed by atoms with van der Waals surface area (Å²) < 4.78 is 44.8. The van der Waals surface area contributed by atoms with Crippen LogP contribution in [0.1, 0.15) is 44.7 Å². The third-order valence-corrected chi connectivity index (χ3v) is 3.21. The minimum atomic E-state index is -4.42. The van der Waals surface area contributed by atoms with Crippen molar-refractivity contribution in [1.29, 1.82) is 0 Å². The van der Waals surface area contributed by atoms with Crippen LogP contribution >= 0.6 is 0 Å². The number of rotatable bonds is 7. The van der Waals surface area contributed by atoms with Gasteiger partial charge in [0.1, 0.15) is 5.75 Å². The lowest BCUT2D eigenvalue weighted by Gasteiger charge is -2.18. The molecule has 1 rings (SSSR count). The highest BCUT2D eigenvalue weighted by Crippen LogP contribution is 2.37. The van der Waals surface area contributed by atoms with Gasteiger partial charge in [-0.05, 0) is 43.4 Å². The summed E-state index contributed by atoms with van der Waals surface area (Å²) in [5, 5.41) is 0. The van der Waals surface area contributed by atoms with Crippen LogP contribution in [0, 0.1) is 5.92 Å². The Bertz CT molecular complexity index is 444. The second kappa shape index (κ2) is 7.69. The van der Waals surface area contributed by atoms with Gasteiger partial charge in [-0.2, -0.15) is 13.2 Å². The number of nitrogens with two attached hydrogens (primary N) is 1. The first-order valence-electron chi connectivity index (χ1n) is 7.32. The van der Waals surface area contributed by atoms with E-state index in [2.05, 4.69) is 0 Å². The fourth-order valence-corrected chi connectivity index (χ4v) is 2.23. The molecule has 1 aromatic carbocycles. The smallest absolute Gasteiger partial charge is 0.419 e. The Hall–Kier alpha value is -1.23. The predicted octanol–water partition coefficient (Wildman–Crippen LogP) is 4.41. The van der Waals surface area contributed by atoms with Crippen LogP contribution in [0.3, 0.4) is 0 Å². The molecule has 5 heteroatoms. The van der Waals surface area contributed by atoms with Gasteiger partial charge in [0.05, 0.1) is 12.2 Å². The molecule has 0 saturated heterocycles. The van der Waals surface area contributed by atoms with Gasteiger partial charge in [0.25, 0.3) is 0 Å². The molecule has 2 atom stereocenters. The molecule has 0 heterocycles. The number of hydrogen-bond acceptors (Lipinski definition) is 2. The van der Waals surface area contributed by atoms with Crippen molar-refractivity contribution in [3.05, 3.63) is 29.3 Å². The van der Waals surface area contributed by atoms with E-state index in [1.165, 1.54) is 6.07 Å². The van der Waals surface area contributed by atoms with Gasteiger partial charge in [-0.3, -0.25) is 0 Å². The van der Waals surface area contributed by atoms with Crippen LogP contribution in [0.15, 0.2) is 18.2 Å². The molecule has 1 aromatic rings. The van der Waals surface area contributed by atoms with Crippen LogP contribution in [-0.2, 0) is 12.6 Å². The first kappa shape index (κ1) is 17.8. The van der Waals surface area contributed by atoms with Crippen LogP contribution in [0.5, 0.6) is 5.75 Å². The summed E-state index contributed by atoms with van der Waals surface area (Å²) in [6, 6.07) is 4.02. The molecule has 0 aliphatic carbocycles. The molecule has 21 heavy (non-hydrogen) atoms. The lowest BCUT2D eigenvalue weighted by atomic mass is 10.0. The molecule has 0 aliphatic heterocycles. The Morgan fingerprint density at radius 3 is 2.43 bits per heavy atom. The zero-order chi connectivity index (χ0) is 16.0. The van der Waals surface area contributed by atoms with Crippen molar-refractivity contribution in [2.75, 3.05) is 6.61 Å². The maximum absolute atomic E-state index is 13.1. The molecule has 0 spiro atoms. The largest absolute Gasteiger partial charge is 0.493 e. The number of ether oxygens (including phenoxy) is 1. The molecule has 0 saturated carbocycles. The lowest BCUT2D eigenvalue weighted by molar-refractivity contribution is -0.139. The van der Waals surface area contributed by atoms with E-state index in [1.807, 2.05) is 13.8 Å². The van der Waals surface area contributed by atoms with Crippen LogP contribution in [-0.4, -0.2) is 12.6 Å². The predicted molar refractivity (Wildman–Crippen MR) is 78.4 cm³/mol. The molecular formula is C16H24F3NO. The average Bonchev–Trinajstić information content (AvgIpc) is 2.35. The molecule has 2 unspecified atom stereocenters. The quantitative estimate of drug-likeness (QED) is 0.809. The van der Waals surface area contributed by atoms with Crippen molar-refractivity contribution in [3.8, 4) is 5.75 Å². The third-order valence-electron chi connectivity index (χ3n) is 3.21. The molecule has 2 N–H and O–H groups in total. The molecule has 0 aliphatic rings. The van der Waals surface area contributed by atoms with Crippen molar-refractivity contribution in [3.63, 3.8) is 0 Å². The van der Waals surface area contributed by atoms with E-state index < -0.39 is 11.7 Å². The first-order valence-corrected chi connectivity index (χ1v) is 7.32. The van der Waals surface area contributed by atoms with E-state index in [4.69, 9.17) is 10.5 Å². The Morgan fingerprint density at radius 2 is 1.90 bits per heavy atom. The van der Waals surface area contributed by atoms with Crippen LogP contribution in [0.2, 0.25) is 0 Å². The van der Waals surface area contributed by atoms with E-state index in [1.54, 1.807) is 13.0 Å². The fourth-order valence-electron chi connectivity index (χ4n) is 2.23. The molecule has 2 nitrogen and oxygen atoms in total. The Kier molecular flexibility index (Phi) is 6.52. The minimum absolute atomic E-state index is 0.0983. The van der Waals surface area contributed by atoms with Crippen LogP contribution in [0.25, 0.3) is 0 Å². The summed E-state index contributed by atoms with van der Waals surface area (Å²) >= 11 is 0. The van der Waals surface area contributed by atoms with Gasteiger partial charge in [0.2, 0.25) is 0 Å². The maximum atomic E-state index is 13.1. The second-order valence-corrected chi connectivity index (χ2v) is 5.71. The van der Waals surface area contributed by atoms with Crippen molar-refractivity contribution < 1.29 is 17.9 Å². The lowest BCUT2D eigenvalue weighted by Crippen LogP contribution is -2.19. The Balaban J connectivity index is 2.92. The molecule has 0 aromatic heterocycles. The average molecular weight is 303 g/mol. The van der Waals surface area contributed by atoms with Gasteiger partial charge >= 0.3 is 6.18 Å². The summed E-state index contributed by atoms with van der Waals surface area (Å²) in [4.78, 5) is 0. The third kappa shape index (κ3) is 5.96. The van der Waals surface area contributed by atoms with Crippen molar-refractivity contribution in [1.82, 2.24) is 0 Å². The summed E-state index contributed by atoms with van der Waals surface area (Å²) in [5.41, 5.74) is 5.50. The van der Waals surface area contributed by atoms with E-state index in [9.17, 15) is 13.2 Å². The molecule has 0 bridgehead atoms. The summed E-state index contributed by atoms with van der Waals surface area (Å²) in [6.07, 6.45) is -2.08. The highest BCUT2D eigenvalue weighted by Gasteiger charge is 2.34. The van der Waals surface area contributed by atoms with Gasteiger partial charge in [-0.1, -0.05) is 26.3 Å². The number of hydrogen-bond donors (Lipinski definition) is 1. The molecule has 0 fully saturated rings. The SMILES string of the molecule is CCCC(C)COc1ccc(CC(C)N)cc1C(F)(F)F. The fraction of sp³-hybridized carbons (Fsp3) is 0.625. The topological polar surface area (TPSA) is 35.2 Å². The molecule has 120 valence electrons. The van der Waals surface area contributed by atoms with E-state index in [-0.39, 0.29) is 17.7 Å². The number of alkyl halides is 3. The number of halogens is 3. The van der Waals surface area contributed by atoms with Gasteiger partial charge in [-0.15, -0.1) is 0 Å². The monoisotopic (exact) mass is 303 g/mol. The highest BCUT2D eigenvalue weighted by atomic mass is 19.4. The van der Waals surface area contributed by atoms with Gasteiger partial charge in [0.15, 0.2) is 0 Å². The van der Waals surface area contributed by atoms with Gasteiger partial charge in [-0.25, -0.2) is 0 Å². The molecule has 0 amide bonds. The molecular weight excluding hydrogens is 279 g/mol. The number of benzene rings is 1. The normalized spacial score (nSPS) is 14.8. The van der Waals surface area contributed by atoms with E-state index in [0.717, 1.165) is 18.9 Å². The zero-order valence-electron chi connectivity index (χ0n) is 12.8. The van der Waals surface area contributed by atoms with Crippen molar-refractivity contribution in [2.24, 2.45) is 11.7 Å².